The average Bonchev–Trinajstić information content (AvgIpc) is 3.36. The van der Waals surface area contributed by atoms with Gasteiger partial charge in [-0.05, 0) is 61.9 Å². The zero-order valence-electron chi connectivity index (χ0n) is 22.5. The molecule has 0 radical (unpaired) electrons. The summed E-state index contributed by atoms with van der Waals surface area (Å²) in [5.41, 5.74) is 4.71. The first-order valence-corrected chi connectivity index (χ1v) is 13.2. The molecule has 6 rings (SSSR count). The first-order valence-electron chi connectivity index (χ1n) is 13.2. The van der Waals surface area contributed by atoms with Crippen LogP contribution in [0.15, 0.2) is 109 Å². The maximum absolute atomic E-state index is 14.7. The summed E-state index contributed by atoms with van der Waals surface area (Å²) in [4.78, 5) is 4.75. The van der Waals surface area contributed by atoms with Gasteiger partial charge in [0.15, 0.2) is 5.65 Å². The number of benzene rings is 4. The van der Waals surface area contributed by atoms with Gasteiger partial charge in [-0.2, -0.15) is 18.3 Å². The lowest BCUT2D eigenvalue weighted by atomic mass is 10.0. The molecular formula is C34H26F3N3O. The fraction of sp³-hybridized carbons (Fsp3) is 0.118. The van der Waals surface area contributed by atoms with E-state index in [4.69, 9.17) is 9.72 Å². The van der Waals surface area contributed by atoms with Crippen molar-refractivity contribution in [2.45, 2.75) is 26.6 Å². The topological polar surface area (TPSA) is 39.9 Å². The molecular weight excluding hydrogens is 523 g/mol. The van der Waals surface area contributed by atoms with Crippen molar-refractivity contribution in [2.24, 2.45) is 0 Å². The predicted octanol–water partition coefficient (Wildman–Crippen LogP) is 8.97. The van der Waals surface area contributed by atoms with Crippen LogP contribution in [0.2, 0.25) is 0 Å². The van der Waals surface area contributed by atoms with Crippen LogP contribution >= 0.6 is 0 Å². The Balaban J connectivity index is 1.46. The van der Waals surface area contributed by atoms with Gasteiger partial charge in [0, 0.05) is 11.1 Å². The number of para-hydroxylation sites is 1. The second-order valence-electron chi connectivity index (χ2n) is 10.0. The Hall–Kier alpha value is -4.91. The summed E-state index contributed by atoms with van der Waals surface area (Å²) >= 11 is 0. The lowest BCUT2D eigenvalue weighted by Crippen LogP contribution is -2.08. The number of ether oxygens (including phenoxy) is 1. The van der Waals surface area contributed by atoms with Crippen LogP contribution in [0, 0.1) is 13.8 Å². The molecule has 41 heavy (non-hydrogen) atoms. The molecule has 0 saturated heterocycles. The second-order valence-corrected chi connectivity index (χ2v) is 10.0. The smallest absolute Gasteiger partial charge is 0.417 e. The zero-order valence-corrected chi connectivity index (χ0v) is 22.5. The number of nitrogens with zero attached hydrogens (tertiary/aromatic N) is 3. The largest absolute Gasteiger partial charge is 0.489 e. The fourth-order valence-corrected chi connectivity index (χ4v) is 4.84. The Morgan fingerprint density at radius 1 is 0.732 bits per heavy atom. The van der Waals surface area contributed by atoms with Crippen molar-refractivity contribution in [1.29, 1.82) is 0 Å². The molecule has 2 aromatic heterocycles. The molecule has 0 aliphatic heterocycles. The van der Waals surface area contributed by atoms with Crippen LogP contribution < -0.4 is 4.74 Å². The van der Waals surface area contributed by atoms with Crippen molar-refractivity contribution in [2.75, 3.05) is 0 Å². The normalized spacial score (nSPS) is 11.6. The Labute approximate surface area is 235 Å². The molecule has 0 spiro atoms. The maximum Gasteiger partial charge on any atom is 0.417 e. The van der Waals surface area contributed by atoms with E-state index in [1.807, 2.05) is 68.4 Å². The van der Waals surface area contributed by atoms with Gasteiger partial charge in [0.05, 0.1) is 22.3 Å². The van der Waals surface area contributed by atoms with E-state index in [1.54, 1.807) is 48.5 Å². The van der Waals surface area contributed by atoms with Gasteiger partial charge in [0.25, 0.3) is 0 Å². The number of aromatic nitrogens is 3. The van der Waals surface area contributed by atoms with Crippen molar-refractivity contribution in [3.05, 3.63) is 131 Å². The summed E-state index contributed by atoms with van der Waals surface area (Å²) in [6.07, 6.45) is -4.63. The molecule has 0 bridgehead atoms. The Morgan fingerprint density at radius 3 is 2.12 bits per heavy atom. The molecule has 0 aliphatic carbocycles. The highest BCUT2D eigenvalue weighted by Gasteiger charge is 2.36. The van der Waals surface area contributed by atoms with Crippen LogP contribution in [-0.4, -0.2) is 14.8 Å². The van der Waals surface area contributed by atoms with Gasteiger partial charge in [-0.1, -0.05) is 77.9 Å². The number of rotatable bonds is 6. The van der Waals surface area contributed by atoms with E-state index in [0.29, 0.717) is 29.2 Å². The SMILES string of the molecule is Cc1ccc(-c2nn(-c3ccccc3)c3nc(-c4ccc(OCc5cccc(C)c5)cc4)cc(C(F)(F)F)c23)cc1. The van der Waals surface area contributed by atoms with Gasteiger partial charge in [-0.3, -0.25) is 0 Å². The summed E-state index contributed by atoms with van der Waals surface area (Å²) in [7, 11) is 0. The van der Waals surface area contributed by atoms with Crippen LogP contribution in [0.1, 0.15) is 22.3 Å². The van der Waals surface area contributed by atoms with Crippen molar-refractivity contribution in [3.63, 3.8) is 0 Å². The molecule has 0 aliphatic rings. The number of halogens is 3. The summed E-state index contributed by atoms with van der Waals surface area (Å²) in [6.45, 7) is 4.34. The highest BCUT2D eigenvalue weighted by Crippen LogP contribution is 2.41. The summed E-state index contributed by atoms with van der Waals surface area (Å²) < 4.78 is 51.4. The van der Waals surface area contributed by atoms with Gasteiger partial charge in [-0.25, -0.2) is 9.67 Å². The van der Waals surface area contributed by atoms with E-state index < -0.39 is 11.7 Å². The lowest BCUT2D eigenvalue weighted by molar-refractivity contribution is -0.136. The van der Waals surface area contributed by atoms with Gasteiger partial charge >= 0.3 is 6.18 Å². The molecule has 2 heterocycles. The number of hydrogen-bond donors (Lipinski definition) is 0. The number of fused-ring (bicyclic) bond motifs is 1. The van der Waals surface area contributed by atoms with Crippen molar-refractivity contribution < 1.29 is 17.9 Å². The predicted molar refractivity (Wildman–Crippen MR) is 155 cm³/mol. The molecule has 0 unspecified atom stereocenters. The van der Waals surface area contributed by atoms with Gasteiger partial charge in [0.1, 0.15) is 18.1 Å². The summed E-state index contributed by atoms with van der Waals surface area (Å²) in [5, 5.41) is 4.64. The highest BCUT2D eigenvalue weighted by atomic mass is 19.4. The standard InChI is InChI=1S/C34H26F3N3O/c1-22-11-13-26(14-12-22)32-31-29(34(35,36)37)20-30(38-33(31)40(39-32)27-9-4-3-5-10-27)25-15-17-28(18-16-25)41-21-24-8-6-7-23(2)19-24/h3-20H,21H2,1-2H3. The molecule has 4 aromatic carbocycles. The Kier molecular flexibility index (Phi) is 6.79. The molecule has 6 aromatic rings. The van der Waals surface area contributed by atoms with Gasteiger partial charge in [0.2, 0.25) is 0 Å². The van der Waals surface area contributed by atoms with Crippen molar-refractivity contribution in [3.8, 4) is 34.0 Å². The average molecular weight is 550 g/mol. The minimum Gasteiger partial charge on any atom is -0.489 e. The third-order valence-corrected chi connectivity index (χ3v) is 6.91. The van der Waals surface area contributed by atoms with Crippen LogP contribution in [0.4, 0.5) is 13.2 Å². The van der Waals surface area contributed by atoms with Crippen LogP contribution in [0.5, 0.6) is 5.75 Å². The minimum atomic E-state index is -4.63. The minimum absolute atomic E-state index is 0.0351. The third-order valence-electron chi connectivity index (χ3n) is 6.91. The first kappa shape index (κ1) is 26.3. The summed E-state index contributed by atoms with van der Waals surface area (Å²) in [5.74, 6) is 0.614. The van der Waals surface area contributed by atoms with E-state index in [1.165, 1.54) is 4.68 Å². The monoisotopic (exact) mass is 549 g/mol. The Bertz CT molecular complexity index is 1830. The summed E-state index contributed by atoms with van der Waals surface area (Å²) in [6, 6.07) is 32.5. The van der Waals surface area contributed by atoms with Crippen LogP contribution in [0.3, 0.4) is 0 Å². The Morgan fingerprint density at radius 2 is 1.44 bits per heavy atom. The molecule has 0 saturated carbocycles. The molecule has 4 nitrogen and oxygen atoms in total. The number of pyridine rings is 1. The lowest BCUT2D eigenvalue weighted by Gasteiger charge is -2.13. The first-order chi connectivity index (χ1) is 19.8. The highest BCUT2D eigenvalue weighted by molar-refractivity contribution is 5.96. The van der Waals surface area contributed by atoms with Gasteiger partial charge in [-0.15, -0.1) is 0 Å². The number of alkyl halides is 3. The zero-order chi connectivity index (χ0) is 28.6. The molecule has 0 fully saturated rings. The van der Waals surface area contributed by atoms with Crippen LogP contribution in [0.25, 0.3) is 39.2 Å². The molecule has 0 amide bonds. The molecule has 7 heteroatoms. The molecule has 0 N–H and O–H groups in total. The van der Waals surface area contributed by atoms with Crippen molar-refractivity contribution >= 4 is 11.0 Å². The van der Waals surface area contributed by atoms with E-state index in [2.05, 4.69) is 5.10 Å². The van der Waals surface area contributed by atoms with E-state index in [9.17, 15) is 13.2 Å². The molecule has 0 atom stereocenters. The number of hydrogen-bond acceptors (Lipinski definition) is 3. The van der Waals surface area contributed by atoms with E-state index in [-0.39, 0.29) is 22.4 Å². The quantitative estimate of drug-likeness (QED) is 0.208. The fourth-order valence-electron chi connectivity index (χ4n) is 4.84. The van der Waals surface area contributed by atoms with E-state index in [0.717, 1.165) is 22.8 Å². The van der Waals surface area contributed by atoms with E-state index >= 15 is 0 Å². The van der Waals surface area contributed by atoms with Gasteiger partial charge < -0.3 is 4.74 Å². The number of aryl methyl sites for hydroxylation is 2. The molecule has 204 valence electrons. The third kappa shape index (κ3) is 5.43. The second kappa shape index (κ2) is 10.6. The van der Waals surface area contributed by atoms with Crippen molar-refractivity contribution in [1.82, 2.24) is 14.8 Å². The van der Waals surface area contributed by atoms with Crippen LogP contribution in [-0.2, 0) is 12.8 Å². The maximum atomic E-state index is 14.7.